The Balaban J connectivity index is 1.11. The third kappa shape index (κ3) is 7.48. The lowest BCUT2D eigenvalue weighted by atomic mass is 9.90. The van der Waals surface area contributed by atoms with Gasteiger partial charge in [0.1, 0.15) is 0 Å². The smallest absolute Gasteiger partial charge is 0.160 e. The van der Waals surface area contributed by atoms with E-state index in [4.69, 9.17) is 19.9 Å². The Bertz CT molecular complexity index is 3870. The number of hydrogen-bond donors (Lipinski definition) is 0. The zero-order chi connectivity index (χ0) is 45.6. The summed E-state index contributed by atoms with van der Waals surface area (Å²) in [4.78, 5) is 20.8. The van der Waals surface area contributed by atoms with Crippen molar-refractivity contribution in [3.8, 4) is 89.4 Å². The number of rotatable bonds is 8. The highest BCUT2D eigenvalue weighted by Gasteiger charge is 2.20. The van der Waals surface area contributed by atoms with Crippen LogP contribution in [0.5, 0.6) is 0 Å². The van der Waals surface area contributed by atoms with Crippen LogP contribution in [-0.2, 0) is 0 Å². The molecule has 0 saturated heterocycles. The zero-order valence-corrected chi connectivity index (χ0v) is 37.7. The van der Waals surface area contributed by atoms with Crippen LogP contribution in [0.2, 0.25) is 0 Å². The van der Waals surface area contributed by atoms with Gasteiger partial charge in [-0.3, -0.25) is 9.97 Å². The third-order valence-corrected chi connectivity index (χ3v) is 13.2. The van der Waals surface area contributed by atoms with Crippen molar-refractivity contribution in [3.05, 3.63) is 242 Å². The summed E-state index contributed by atoms with van der Waals surface area (Å²) in [5.74, 6) is 0.664. The van der Waals surface area contributed by atoms with Crippen molar-refractivity contribution in [1.29, 1.82) is 0 Å². The number of pyridine rings is 2. The molecule has 0 fully saturated rings. The number of para-hydroxylation sites is 2. The Labute approximate surface area is 396 Å². The van der Waals surface area contributed by atoms with Gasteiger partial charge in [0.25, 0.3) is 0 Å². The second-order valence-electron chi connectivity index (χ2n) is 17.5. The van der Waals surface area contributed by atoms with E-state index in [1.165, 1.54) is 5.56 Å². The first-order chi connectivity index (χ1) is 33.5. The molecule has 0 saturated carbocycles. The average molecular weight is 869 g/mol. The van der Waals surface area contributed by atoms with E-state index in [9.17, 15) is 0 Å². The van der Waals surface area contributed by atoms with Crippen molar-refractivity contribution in [1.82, 2.24) is 19.9 Å². The van der Waals surface area contributed by atoms with Crippen LogP contribution in [0.1, 0.15) is 11.1 Å². The average Bonchev–Trinajstić information content (AvgIpc) is 3.40. The molecule has 0 aliphatic carbocycles. The summed E-state index contributed by atoms with van der Waals surface area (Å²) >= 11 is 0. The molecule has 9 aromatic carbocycles. The second kappa shape index (κ2) is 17.2. The lowest BCUT2D eigenvalue weighted by Crippen LogP contribution is -1.99. The molecule has 3 aromatic heterocycles. The van der Waals surface area contributed by atoms with Crippen molar-refractivity contribution >= 4 is 32.7 Å². The fourth-order valence-corrected chi connectivity index (χ4v) is 9.84. The Kier molecular flexibility index (Phi) is 10.3. The van der Waals surface area contributed by atoms with Gasteiger partial charge in [0, 0.05) is 56.4 Å². The van der Waals surface area contributed by atoms with Gasteiger partial charge in [0.05, 0.1) is 22.2 Å². The fourth-order valence-electron chi connectivity index (χ4n) is 9.84. The maximum absolute atomic E-state index is 5.59. The molecule has 0 amide bonds. The lowest BCUT2D eigenvalue weighted by molar-refractivity contribution is 1.22. The van der Waals surface area contributed by atoms with Gasteiger partial charge in [-0.25, -0.2) is 9.97 Å². The maximum Gasteiger partial charge on any atom is 0.160 e. The topological polar surface area (TPSA) is 51.6 Å². The summed E-state index contributed by atoms with van der Waals surface area (Å²) in [5.41, 5.74) is 21.4. The third-order valence-electron chi connectivity index (χ3n) is 13.2. The highest BCUT2D eigenvalue weighted by molar-refractivity contribution is 6.05. The first kappa shape index (κ1) is 40.6. The van der Waals surface area contributed by atoms with Crippen LogP contribution >= 0.6 is 0 Å². The summed E-state index contributed by atoms with van der Waals surface area (Å²) in [5, 5.41) is 3.21. The van der Waals surface area contributed by atoms with E-state index in [2.05, 4.69) is 220 Å². The van der Waals surface area contributed by atoms with Gasteiger partial charge in [-0.15, -0.1) is 0 Å². The second-order valence-corrected chi connectivity index (χ2v) is 17.5. The zero-order valence-electron chi connectivity index (χ0n) is 37.7. The monoisotopic (exact) mass is 868 g/mol. The van der Waals surface area contributed by atoms with Gasteiger partial charge < -0.3 is 0 Å². The molecule has 320 valence electrons. The van der Waals surface area contributed by atoms with E-state index < -0.39 is 0 Å². The Morgan fingerprint density at radius 3 is 1.35 bits per heavy atom. The first-order valence-corrected chi connectivity index (χ1v) is 23.1. The predicted molar refractivity (Wildman–Crippen MR) is 283 cm³/mol. The van der Waals surface area contributed by atoms with E-state index in [0.717, 1.165) is 122 Å². The number of aryl methyl sites for hydroxylation is 2. The minimum atomic E-state index is 0.664. The lowest BCUT2D eigenvalue weighted by Gasteiger charge is -2.18. The molecule has 0 aliphatic rings. The van der Waals surface area contributed by atoms with Crippen LogP contribution in [0.3, 0.4) is 0 Å². The SMILES string of the molecule is Cc1cc(-c2nc(-c3ccc(-c4cccc5cccnc45)c(C)c3)c3cc(-c4cccc(-c5ccccc5)c4)cc(-c4cccc(-c5ccccc5)c4)c3n2)ccc1-c1cccc2cccnc12. The number of fused-ring (bicyclic) bond motifs is 3. The van der Waals surface area contributed by atoms with Crippen LogP contribution in [0.25, 0.3) is 122 Å². The minimum Gasteiger partial charge on any atom is -0.256 e. The molecular formula is C64H44N4. The van der Waals surface area contributed by atoms with E-state index in [1.807, 2.05) is 24.5 Å². The summed E-state index contributed by atoms with van der Waals surface area (Å²) < 4.78 is 0. The van der Waals surface area contributed by atoms with E-state index >= 15 is 0 Å². The summed E-state index contributed by atoms with van der Waals surface area (Å²) in [6.07, 6.45) is 3.74. The van der Waals surface area contributed by atoms with Gasteiger partial charge >= 0.3 is 0 Å². The molecule has 12 aromatic rings. The largest absolute Gasteiger partial charge is 0.256 e. The molecule has 0 spiro atoms. The Hall–Kier alpha value is -8.86. The number of benzene rings is 9. The first-order valence-electron chi connectivity index (χ1n) is 23.1. The molecule has 0 N–H and O–H groups in total. The molecule has 4 heteroatoms. The highest BCUT2D eigenvalue weighted by atomic mass is 14.9. The van der Waals surface area contributed by atoms with Crippen LogP contribution in [-0.4, -0.2) is 19.9 Å². The van der Waals surface area contributed by atoms with Gasteiger partial charge in [0.2, 0.25) is 0 Å². The standard InChI is InChI=1S/C64H44N4/c1-41-35-51(29-31-54(41)56-27-11-19-45-25-13-33-65-60(45)56)62-59-40-53(49-23-9-21-47(37-49)43-15-5-3-6-16-43)39-58(50-24-10-22-48(38-50)44-17-7-4-8-18-44)63(59)68-64(67-62)52-30-32-55(42(2)36-52)57-28-12-20-46-26-14-34-66-61(46)57/h3-40H,1-2H3. The van der Waals surface area contributed by atoms with Crippen molar-refractivity contribution in [2.75, 3.05) is 0 Å². The number of aromatic nitrogens is 4. The molecule has 0 atom stereocenters. The van der Waals surface area contributed by atoms with Crippen LogP contribution in [0, 0.1) is 13.8 Å². The van der Waals surface area contributed by atoms with Crippen molar-refractivity contribution in [2.24, 2.45) is 0 Å². The van der Waals surface area contributed by atoms with Crippen molar-refractivity contribution < 1.29 is 0 Å². The molecule has 0 radical (unpaired) electrons. The molecule has 0 bridgehead atoms. The van der Waals surface area contributed by atoms with Crippen molar-refractivity contribution in [3.63, 3.8) is 0 Å². The van der Waals surface area contributed by atoms with Gasteiger partial charge in [-0.05, 0) is 124 Å². The molecule has 3 heterocycles. The van der Waals surface area contributed by atoms with Crippen LogP contribution < -0.4 is 0 Å². The molecule has 12 rings (SSSR count). The quantitative estimate of drug-likeness (QED) is 0.153. The van der Waals surface area contributed by atoms with E-state index in [-0.39, 0.29) is 0 Å². The fraction of sp³-hybridized carbons (Fsp3) is 0.0312. The highest BCUT2D eigenvalue weighted by Crippen LogP contribution is 2.42. The Morgan fingerprint density at radius 1 is 0.279 bits per heavy atom. The number of hydrogen-bond acceptors (Lipinski definition) is 4. The number of nitrogens with zero attached hydrogens (tertiary/aromatic N) is 4. The van der Waals surface area contributed by atoms with E-state index in [0.29, 0.717) is 5.82 Å². The summed E-state index contributed by atoms with van der Waals surface area (Å²) in [6, 6.07) is 77.8. The maximum atomic E-state index is 5.59. The van der Waals surface area contributed by atoms with E-state index in [1.54, 1.807) is 0 Å². The normalized spacial score (nSPS) is 11.4. The predicted octanol–water partition coefficient (Wildman–Crippen LogP) is 16.7. The Morgan fingerprint density at radius 2 is 0.765 bits per heavy atom. The molecule has 0 aliphatic heterocycles. The van der Waals surface area contributed by atoms with Crippen molar-refractivity contribution in [2.45, 2.75) is 13.8 Å². The minimum absolute atomic E-state index is 0.664. The summed E-state index contributed by atoms with van der Waals surface area (Å²) in [7, 11) is 0. The van der Waals surface area contributed by atoms with Gasteiger partial charge in [0.15, 0.2) is 5.82 Å². The molecular weight excluding hydrogens is 825 g/mol. The van der Waals surface area contributed by atoms with Gasteiger partial charge in [-0.2, -0.15) is 0 Å². The van der Waals surface area contributed by atoms with Gasteiger partial charge in [-0.1, -0.05) is 170 Å². The molecule has 0 unspecified atom stereocenters. The van der Waals surface area contributed by atoms with Crippen LogP contribution in [0.4, 0.5) is 0 Å². The van der Waals surface area contributed by atoms with Crippen LogP contribution in [0.15, 0.2) is 231 Å². The molecule has 68 heavy (non-hydrogen) atoms. The molecule has 4 nitrogen and oxygen atoms in total. The summed E-state index contributed by atoms with van der Waals surface area (Å²) in [6.45, 7) is 4.36.